The first kappa shape index (κ1) is 13.0. The Morgan fingerprint density at radius 1 is 1.22 bits per heavy atom. The predicted molar refractivity (Wildman–Crippen MR) is 72.5 cm³/mol. The summed E-state index contributed by atoms with van der Waals surface area (Å²) in [6.07, 6.45) is 2.84. The lowest BCUT2D eigenvalue weighted by atomic mass is 10.1. The number of aryl methyl sites for hydroxylation is 1. The predicted octanol–water partition coefficient (Wildman–Crippen LogP) is 3.28. The summed E-state index contributed by atoms with van der Waals surface area (Å²) in [4.78, 5) is 4.38. The van der Waals surface area contributed by atoms with Crippen molar-refractivity contribution >= 4 is 16.7 Å². The highest BCUT2D eigenvalue weighted by molar-refractivity contribution is 7.09. The molecule has 5 heteroatoms. The molecule has 1 aromatic carbocycles. The van der Waals surface area contributed by atoms with Crippen molar-refractivity contribution < 1.29 is 4.39 Å². The maximum atomic E-state index is 12.7. The third kappa shape index (κ3) is 3.77. The van der Waals surface area contributed by atoms with Gasteiger partial charge in [-0.1, -0.05) is 19.1 Å². The van der Waals surface area contributed by atoms with E-state index in [2.05, 4.69) is 21.6 Å². The number of aromatic nitrogens is 2. The van der Waals surface area contributed by atoms with Gasteiger partial charge in [0.1, 0.15) is 11.6 Å². The van der Waals surface area contributed by atoms with Gasteiger partial charge in [0.2, 0.25) is 5.13 Å². The van der Waals surface area contributed by atoms with Crippen LogP contribution in [0.4, 0.5) is 9.52 Å². The molecule has 0 atom stereocenters. The van der Waals surface area contributed by atoms with Crippen molar-refractivity contribution in [3.63, 3.8) is 0 Å². The maximum absolute atomic E-state index is 12.7. The van der Waals surface area contributed by atoms with Gasteiger partial charge in [0.25, 0.3) is 0 Å². The molecule has 0 aliphatic heterocycles. The van der Waals surface area contributed by atoms with E-state index in [1.165, 1.54) is 23.7 Å². The normalized spacial score (nSPS) is 10.6. The third-order valence-corrected chi connectivity index (χ3v) is 3.26. The summed E-state index contributed by atoms with van der Waals surface area (Å²) in [5, 5.41) is 4.10. The Bertz CT molecular complexity index is 481. The van der Waals surface area contributed by atoms with Crippen molar-refractivity contribution in [2.75, 3.05) is 11.9 Å². The quantitative estimate of drug-likeness (QED) is 0.871. The molecule has 1 N–H and O–H groups in total. The molecule has 0 saturated heterocycles. The number of hydrogen-bond acceptors (Lipinski definition) is 4. The lowest BCUT2D eigenvalue weighted by molar-refractivity contribution is 0.627. The number of benzene rings is 1. The molecular weight excluding hydrogens is 249 g/mol. The maximum Gasteiger partial charge on any atom is 0.202 e. The summed E-state index contributed by atoms with van der Waals surface area (Å²) < 4.78 is 17.0. The van der Waals surface area contributed by atoms with Crippen LogP contribution in [0.15, 0.2) is 24.3 Å². The van der Waals surface area contributed by atoms with Crippen LogP contribution in [0, 0.1) is 5.82 Å². The van der Waals surface area contributed by atoms with Crippen LogP contribution >= 0.6 is 11.5 Å². The second-order valence-electron chi connectivity index (χ2n) is 4.07. The van der Waals surface area contributed by atoms with E-state index in [1.54, 1.807) is 12.1 Å². The van der Waals surface area contributed by atoms with Gasteiger partial charge in [-0.2, -0.15) is 4.37 Å². The average Bonchev–Trinajstić information content (AvgIpc) is 2.80. The highest BCUT2D eigenvalue weighted by Gasteiger charge is 2.02. The molecule has 1 heterocycles. The molecule has 0 aliphatic rings. The fourth-order valence-electron chi connectivity index (χ4n) is 1.62. The molecule has 0 spiro atoms. The minimum atomic E-state index is -0.194. The van der Waals surface area contributed by atoms with E-state index in [0.717, 1.165) is 42.3 Å². The Kier molecular flexibility index (Phi) is 4.64. The number of anilines is 1. The van der Waals surface area contributed by atoms with Gasteiger partial charge in [-0.25, -0.2) is 9.37 Å². The highest BCUT2D eigenvalue weighted by Crippen LogP contribution is 2.12. The number of rotatable bonds is 6. The van der Waals surface area contributed by atoms with Crippen LogP contribution in [0.2, 0.25) is 0 Å². The number of nitrogens with one attached hydrogen (secondary N) is 1. The molecule has 3 nitrogen and oxygen atoms in total. The zero-order valence-electron chi connectivity index (χ0n) is 10.3. The molecule has 0 unspecified atom stereocenters. The lowest BCUT2D eigenvalue weighted by Gasteiger charge is -2.02. The summed E-state index contributed by atoms with van der Waals surface area (Å²) in [7, 11) is 0. The van der Waals surface area contributed by atoms with Gasteiger partial charge in [-0.15, -0.1) is 0 Å². The van der Waals surface area contributed by atoms with Crippen LogP contribution < -0.4 is 5.32 Å². The molecular formula is C13H16FN3S. The van der Waals surface area contributed by atoms with E-state index in [0.29, 0.717) is 0 Å². The summed E-state index contributed by atoms with van der Waals surface area (Å²) >= 11 is 1.39. The van der Waals surface area contributed by atoms with Gasteiger partial charge < -0.3 is 5.32 Å². The zero-order valence-corrected chi connectivity index (χ0v) is 11.1. The van der Waals surface area contributed by atoms with Crippen LogP contribution in [0.3, 0.4) is 0 Å². The molecule has 0 radical (unpaired) electrons. The lowest BCUT2D eigenvalue weighted by Crippen LogP contribution is -2.04. The molecule has 2 rings (SSSR count). The molecule has 2 aromatic rings. The molecule has 18 heavy (non-hydrogen) atoms. The van der Waals surface area contributed by atoms with Crippen LogP contribution in [0.1, 0.15) is 24.7 Å². The topological polar surface area (TPSA) is 37.8 Å². The first-order valence-corrected chi connectivity index (χ1v) is 6.86. The molecule has 0 amide bonds. The van der Waals surface area contributed by atoms with E-state index < -0.39 is 0 Å². The summed E-state index contributed by atoms with van der Waals surface area (Å²) in [6, 6.07) is 6.58. The molecule has 0 bridgehead atoms. The Morgan fingerprint density at radius 3 is 2.72 bits per heavy atom. The highest BCUT2D eigenvalue weighted by atomic mass is 32.1. The van der Waals surface area contributed by atoms with E-state index in [-0.39, 0.29) is 5.82 Å². The minimum absolute atomic E-state index is 0.194. The standard InChI is InChI=1S/C13H16FN3S/c1-2-3-12-16-13(18-17-12)15-9-8-10-4-6-11(14)7-5-10/h4-7H,2-3,8-9H2,1H3,(H,15,16,17). The largest absolute Gasteiger partial charge is 0.360 e. The first-order chi connectivity index (χ1) is 8.78. The van der Waals surface area contributed by atoms with Crippen molar-refractivity contribution in [2.45, 2.75) is 26.2 Å². The average molecular weight is 265 g/mol. The Morgan fingerprint density at radius 2 is 2.00 bits per heavy atom. The van der Waals surface area contributed by atoms with Gasteiger partial charge in [-0.3, -0.25) is 0 Å². The number of hydrogen-bond donors (Lipinski definition) is 1. The fraction of sp³-hybridized carbons (Fsp3) is 0.385. The van der Waals surface area contributed by atoms with Gasteiger partial charge in [-0.05, 0) is 30.5 Å². The summed E-state index contributed by atoms with van der Waals surface area (Å²) in [5.74, 6) is 0.715. The van der Waals surface area contributed by atoms with Crippen molar-refractivity contribution in [3.05, 3.63) is 41.5 Å². The van der Waals surface area contributed by atoms with Crippen molar-refractivity contribution in [1.82, 2.24) is 9.36 Å². The Labute approximate surface area is 110 Å². The fourth-order valence-corrected chi connectivity index (χ4v) is 2.25. The summed E-state index contributed by atoms with van der Waals surface area (Å²) in [5.41, 5.74) is 1.11. The van der Waals surface area contributed by atoms with Gasteiger partial charge >= 0.3 is 0 Å². The van der Waals surface area contributed by atoms with Crippen LogP contribution in [-0.2, 0) is 12.8 Å². The second kappa shape index (κ2) is 6.44. The van der Waals surface area contributed by atoms with Gasteiger partial charge in [0.05, 0.1) is 0 Å². The second-order valence-corrected chi connectivity index (χ2v) is 4.82. The molecule has 0 saturated carbocycles. The van der Waals surface area contributed by atoms with Crippen LogP contribution in [0.25, 0.3) is 0 Å². The van der Waals surface area contributed by atoms with E-state index in [9.17, 15) is 4.39 Å². The zero-order chi connectivity index (χ0) is 12.8. The van der Waals surface area contributed by atoms with Crippen LogP contribution in [-0.4, -0.2) is 15.9 Å². The van der Waals surface area contributed by atoms with Crippen molar-refractivity contribution in [3.8, 4) is 0 Å². The van der Waals surface area contributed by atoms with Crippen molar-refractivity contribution in [2.24, 2.45) is 0 Å². The molecule has 96 valence electrons. The molecule has 0 fully saturated rings. The van der Waals surface area contributed by atoms with E-state index >= 15 is 0 Å². The van der Waals surface area contributed by atoms with Crippen LogP contribution in [0.5, 0.6) is 0 Å². The Hall–Kier alpha value is -1.49. The smallest absolute Gasteiger partial charge is 0.202 e. The first-order valence-electron chi connectivity index (χ1n) is 6.09. The molecule has 0 aliphatic carbocycles. The Balaban J connectivity index is 1.79. The van der Waals surface area contributed by atoms with E-state index in [4.69, 9.17) is 0 Å². The van der Waals surface area contributed by atoms with Gasteiger partial charge in [0.15, 0.2) is 0 Å². The number of halogens is 1. The SMILES string of the molecule is CCCc1nsc(NCCc2ccc(F)cc2)n1. The third-order valence-electron chi connectivity index (χ3n) is 2.54. The molecule has 1 aromatic heterocycles. The number of nitrogens with zero attached hydrogens (tertiary/aromatic N) is 2. The van der Waals surface area contributed by atoms with E-state index in [1.807, 2.05) is 0 Å². The van der Waals surface area contributed by atoms with Gasteiger partial charge in [0, 0.05) is 24.5 Å². The summed E-state index contributed by atoms with van der Waals surface area (Å²) in [6.45, 7) is 2.90. The van der Waals surface area contributed by atoms with Crippen molar-refractivity contribution in [1.29, 1.82) is 0 Å². The minimum Gasteiger partial charge on any atom is -0.360 e. The monoisotopic (exact) mass is 265 g/mol.